The predicted octanol–water partition coefficient (Wildman–Crippen LogP) is -4.28. The number of aliphatic carboxylic acids is 2. The molecule has 4 nitrogen and oxygen atoms in total. The number of rotatable bonds is 2. The van der Waals surface area contributed by atoms with E-state index in [0.29, 0.717) is 0 Å². The van der Waals surface area contributed by atoms with Crippen LogP contribution in [0.5, 0.6) is 0 Å². The van der Waals surface area contributed by atoms with E-state index in [-0.39, 0.29) is 59.1 Å². The van der Waals surface area contributed by atoms with Crippen LogP contribution in [0, 0.1) is 0 Å². The van der Waals surface area contributed by atoms with Gasteiger partial charge in [-0.15, -0.1) is 0 Å². The van der Waals surface area contributed by atoms with Crippen LogP contribution < -0.4 is 69.3 Å². The predicted molar refractivity (Wildman–Crippen MR) is 92.7 cm³/mol. The Morgan fingerprint density at radius 3 is 1.08 bits per heavy atom. The van der Waals surface area contributed by atoms with Crippen LogP contribution in [-0.2, 0) is 9.59 Å². The quantitative estimate of drug-likeness (QED) is 0.353. The summed E-state index contributed by atoms with van der Waals surface area (Å²) in [7, 11) is 5.44. The molecule has 3 rings (SSSR count). The van der Waals surface area contributed by atoms with Crippen LogP contribution in [-0.4, -0.2) is 22.4 Å². The van der Waals surface area contributed by atoms with E-state index in [4.69, 9.17) is 0 Å². The molecule has 0 aromatic heterocycles. The van der Waals surface area contributed by atoms with Crippen LogP contribution in [0.3, 0.4) is 0 Å². The summed E-state index contributed by atoms with van der Waals surface area (Å²) in [6, 6.07) is 12.0. The Hall–Kier alpha value is 1.04. The molecule has 0 saturated heterocycles. The number of carbonyl (C=O) groups is 2. The van der Waals surface area contributed by atoms with Crippen LogP contribution >= 0.6 is 43.2 Å². The molecule has 1 aromatic rings. The van der Waals surface area contributed by atoms with Crippen LogP contribution in [0.4, 0.5) is 0 Å². The van der Waals surface area contributed by atoms with Gasteiger partial charge in [0, 0.05) is 0 Å². The zero-order chi connectivity index (χ0) is 16.2. The van der Waals surface area contributed by atoms with Gasteiger partial charge >= 0.3 is 59.1 Å². The van der Waals surface area contributed by atoms with Crippen LogP contribution in [0.25, 0.3) is 0 Å². The van der Waals surface area contributed by atoms with Crippen molar-refractivity contribution >= 4 is 55.1 Å². The summed E-state index contributed by atoms with van der Waals surface area (Å²) in [5, 5.41) is 22.7. The first kappa shape index (κ1) is 27.3. The topological polar surface area (TPSA) is 80.3 Å². The van der Waals surface area contributed by atoms with Crippen molar-refractivity contribution in [1.29, 1.82) is 0 Å². The van der Waals surface area contributed by atoms with Gasteiger partial charge in [-0.25, -0.2) is 0 Å². The summed E-state index contributed by atoms with van der Waals surface area (Å²) >= 11 is 0. The van der Waals surface area contributed by atoms with Crippen molar-refractivity contribution in [2.24, 2.45) is 0 Å². The minimum Gasteiger partial charge on any atom is -0.549 e. The van der Waals surface area contributed by atoms with Gasteiger partial charge < -0.3 is 19.8 Å². The van der Waals surface area contributed by atoms with Crippen molar-refractivity contribution in [3.8, 4) is 0 Å². The molecule has 0 spiro atoms. The third kappa shape index (κ3) is 13.3. The molecule has 0 saturated carbocycles. The Balaban J connectivity index is 0. The number of carbonyl (C=O) groups excluding carboxylic acids is 2. The Morgan fingerprint density at radius 1 is 0.667 bits per heavy atom. The summed E-state index contributed by atoms with van der Waals surface area (Å²) < 4.78 is 0. The first-order valence-corrected chi connectivity index (χ1v) is 10.6. The van der Waals surface area contributed by atoms with Crippen molar-refractivity contribution < 1.29 is 78.9 Å². The Kier molecular flexibility index (Phi) is 19.8. The average molecular weight is 418 g/mol. The van der Waals surface area contributed by atoms with Crippen LogP contribution in [0.15, 0.2) is 59.4 Å². The van der Waals surface area contributed by atoms with Gasteiger partial charge in [0.1, 0.15) is 0 Å². The number of hydrogen-bond acceptors (Lipinski definition) is 8. The van der Waals surface area contributed by atoms with Gasteiger partial charge in [0.05, 0.1) is 22.4 Å². The smallest absolute Gasteiger partial charge is 0.549 e. The van der Waals surface area contributed by atoms with Crippen molar-refractivity contribution in [3.05, 3.63) is 59.4 Å². The second kappa shape index (κ2) is 17.5. The van der Waals surface area contributed by atoms with E-state index in [1.807, 2.05) is 36.4 Å². The molecular weight excluding hydrogens is 406 g/mol. The first-order chi connectivity index (χ1) is 10.6. The zero-order valence-electron chi connectivity index (χ0n) is 13.2. The van der Waals surface area contributed by atoms with E-state index in [1.165, 1.54) is 43.2 Å². The Bertz CT molecular complexity index is 470. The SMILES string of the molecule is O=C([O-])C1C=CSS1.O=C([O-])C1C=CSS1.[Na+].[Na+].c1ccccc1. The Morgan fingerprint density at radius 2 is 0.958 bits per heavy atom. The Labute approximate surface area is 201 Å². The monoisotopic (exact) mass is 418 g/mol. The molecule has 24 heavy (non-hydrogen) atoms. The number of benzene rings is 1. The number of carboxylic acid groups (broad SMARTS) is 2. The summed E-state index contributed by atoms with van der Waals surface area (Å²) in [4.78, 5) is 20.0. The van der Waals surface area contributed by atoms with Crippen LogP contribution in [0.1, 0.15) is 0 Å². The molecule has 10 heteroatoms. The average Bonchev–Trinajstić information content (AvgIpc) is 3.24. The molecule has 0 amide bonds. The third-order valence-corrected chi connectivity index (χ3v) is 6.52. The minimum absolute atomic E-state index is 0. The molecule has 2 atom stereocenters. The molecule has 0 radical (unpaired) electrons. The van der Waals surface area contributed by atoms with Crippen molar-refractivity contribution in [2.75, 3.05) is 0 Å². The van der Waals surface area contributed by atoms with Crippen molar-refractivity contribution in [2.45, 2.75) is 10.5 Å². The van der Waals surface area contributed by atoms with E-state index in [2.05, 4.69) is 0 Å². The maximum Gasteiger partial charge on any atom is 1.00 e. The molecule has 2 aliphatic heterocycles. The van der Waals surface area contributed by atoms with E-state index in [1.54, 1.807) is 23.0 Å². The van der Waals surface area contributed by atoms with Gasteiger partial charge in [0.25, 0.3) is 0 Å². The molecule has 118 valence electrons. The second-order valence-corrected chi connectivity index (χ2v) is 8.32. The van der Waals surface area contributed by atoms with Gasteiger partial charge in [0.2, 0.25) is 0 Å². The first-order valence-electron chi connectivity index (χ1n) is 6.00. The largest absolute Gasteiger partial charge is 1.00 e. The molecule has 2 unspecified atom stereocenters. The fourth-order valence-electron chi connectivity index (χ4n) is 1.08. The number of carboxylic acids is 2. The normalized spacial score (nSPS) is 19.5. The van der Waals surface area contributed by atoms with E-state index < -0.39 is 22.4 Å². The molecular formula is C14H12Na2O4S4. The van der Waals surface area contributed by atoms with Gasteiger partial charge in [-0.1, -0.05) is 91.7 Å². The third-order valence-electron chi connectivity index (χ3n) is 2.07. The van der Waals surface area contributed by atoms with Gasteiger partial charge in [-0.2, -0.15) is 0 Å². The standard InChI is InChI=1S/C6H6.2C4H4O2S2.2Na/c1-2-4-6-5-3-1;2*5-4(6)3-1-2-7-8-3;;/h1-6H;2*1-3H,(H,5,6);;/q;;;2*+1/p-2. The zero-order valence-corrected chi connectivity index (χ0v) is 20.5. The molecule has 0 fully saturated rings. The van der Waals surface area contributed by atoms with Crippen LogP contribution in [0.2, 0.25) is 0 Å². The summed E-state index contributed by atoms with van der Waals surface area (Å²) in [5.74, 6) is -2.01. The molecule has 2 heterocycles. The van der Waals surface area contributed by atoms with E-state index >= 15 is 0 Å². The van der Waals surface area contributed by atoms with Gasteiger partial charge in [-0.05, 0) is 10.8 Å². The number of hydrogen-bond donors (Lipinski definition) is 0. The van der Waals surface area contributed by atoms with Crippen molar-refractivity contribution in [3.63, 3.8) is 0 Å². The van der Waals surface area contributed by atoms with Gasteiger partial charge in [0.15, 0.2) is 0 Å². The summed E-state index contributed by atoms with van der Waals surface area (Å²) in [6.07, 6.45) is 3.23. The molecule has 0 aliphatic carbocycles. The van der Waals surface area contributed by atoms with E-state index in [9.17, 15) is 19.8 Å². The maximum absolute atomic E-state index is 10.0. The summed E-state index contributed by atoms with van der Waals surface area (Å²) in [6.45, 7) is 0. The molecule has 0 N–H and O–H groups in total. The fraction of sp³-hybridized carbons (Fsp3) is 0.143. The molecule has 0 bridgehead atoms. The molecule has 2 aliphatic rings. The fourth-order valence-corrected chi connectivity index (χ4v) is 4.87. The maximum atomic E-state index is 10.0. The summed E-state index contributed by atoms with van der Waals surface area (Å²) in [5.41, 5.74) is 0. The van der Waals surface area contributed by atoms with Gasteiger partial charge in [-0.3, -0.25) is 0 Å². The second-order valence-electron chi connectivity index (χ2n) is 3.68. The minimum atomic E-state index is -1.00. The molecule has 1 aromatic carbocycles. The van der Waals surface area contributed by atoms with Crippen molar-refractivity contribution in [1.82, 2.24) is 0 Å². The van der Waals surface area contributed by atoms with E-state index in [0.717, 1.165) is 0 Å².